The van der Waals surface area contributed by atoms with Crippen molar-refractivity contribution in [3.8, 4) is 0 Å². The average molecular weight is 171 g/mol. The van der Waals surface area contributed by atoms with Crippen LogP contribution in [0.3, 0.4) is 0 Å². The molecule has 0 amide bonds. The minimum atomic E-state index is -0.215. The Morgan fingerprint density at radius 2 is 1.58 bits per heavy atom. The van der Waals surface area contributed by atoms with Crippen LogP contribution in [0.15, 0.2) is 0 Å². The van der Waals surface area contributed by atoms with Gasteiger partial charge in [-0.3, -0.25) is 4.90 Å². The van der Waals surface area contributed by atoms with Crippen molar-refractivity contribution in [2.45, 2.75) is 39.8 Å². The Balaban J connectivity index is 2.39. The summed E-state index contributed by atoms with van der Waals surface area (Å²) >= 11 is 0. The maximum absolute atomic E-state index is 9.91. The van der Waals surface area contributed by atoms with Crippen molar-refractivity contribution in [1.29, 1.82) is 0 Å². The fourth-order valence-corrected chi connectivity index (χ4v) is 1.68. The van der Waals surface area contributed by atoms with Crippen LogP contribution in [-0.4, -0.2) is 29.3 Å². The van der Waals surface area contributed by atoms with Crippen LogP contribution in [0.25, 0.3) is 0 Å². The van der Waals surface area contributed by atoms with Gasteiger partial charge in [-0.25, -0.2) is 0 Å². The van der Waals surface area contributed by atoms with Crippen molar-refractivity contribution >= 4 is 0 Å². The molecular weight excluding hydrogens is 150 g/mol. The highest BCUT2D eigenvalue weighted by atomic mass is 16.3. The van der Waals surface area contributed by atoms with Crippen LogP contribution in [0.1, 0.15) is 33.6 Å². The minimum absolute atomic E-state index is 0.215. The molecule has 72 valence electrons. The summed E-state index contributed by atoms with van der Waals surface area (Å²) in [5.41, 5.74) is 0. The molecule has 0 aromatic rings. The minimum Gasteiger partial charge on any atom is -0.378 e. The van der Waals surface area contributed by atoms with Gasteiger partial charge in [0.25, 0.3) is 0 Å². The molecule has 0 radical (unpaired) electrons. The smallest absolute Gasteiger partial charge is 0.110 e. The number of nitrogens with zero attached hydrogens (tertiary/aromatic N) is 1. The van der Waals surface area contributed by atoms with Crippen LogP contribution in [0, 0.1) is 11.8 Å². The molecule has 0 aliphatic carbocycles. The van der Waals surface area contributed by atoms with Gasteiger partial charge in [-0.2, -0.15) is 0 Å². The topological polar surface area (TPSA) is 23.5 Å². The van der Waals surface area contributed by atoms with E-state index in [1.807, 2.05) is 0 Å². The molecule has 1 N–H and O–H groups in total. The van der Waals surface area contributed by atoms with Gasteiger partial charge in [0, 0.05) is 13.1 Å². The molecule has 1 heterocycles. The number of aliphatic hydroxyl groups is 1. The van der Waals surface area contributed by atoms with E-state index in [-0.39, 0.29) is 6.23 Å². The van der Waals surface area contributed by atoms with Crippen molar-refractivity contribution in [3.05, 3.63) is 0 Å². The Bertz CT molecular complexity index is 128. The first-order valence-electron chi connectivity index (χ1n) is 5.05. The van der Waals surface area contributed by atoms with Gasteiger partial charge in [-0.1, -0.05) is 20.8 Å². The SMILES string of the molecule is CC(C)[C@H](C)C(O)N1CCCC1. The average Bonchev–Trinajstić information content (AvgIpc) is 2.53. The van der Waals surface area contributed by atoms with E-state index in [0.717, 1.165) is 13.1 Å². The molecule has 0 aromatic heterocycles. The van der Waals surface area contributed by atoms with Crippen LogP contribution in [0.4, 0.5) is 0 Å². The van der Waals surface area contributed by atoms with E-state index in [9.17, 15) is 5.11 Å². The zero-order valence-electron chi connectivity index (χ0n) is 8.45. The van der Waals surface area contributed by atoms with E-state index in [0.29, 0.717) is 11.8 Å². The van der Waals surface area contributed by atoms with E-state index in [1.165, 1.54) is 12.8 Å². The molecule has 1 saturated heterocycles. The van der Waals surface area contributed by atoms with Crippen molar-refractivity contribution in [2.24, 2.45) is 11.8 Å². The van der Waals surface area contributed by atoms with Gasteiger partial charge < -0.3 is 5.11 Å². The summed E-state index contributed by atoms with van der Waals surface area (Å²) in [6.07, 6.45) is 2.29. The fourth-order valence-electron chi connectivity index (χ4n) is 1.68. The van der Waals surface area contributed by atoms with Gasteiger partial charge in [0.2, 0.25) is 0 Å². The lowest BCUT2D eigenvalue weighted by Crippen LogP contribution is -2.39. The standard InChI is InChI=1S/C10H21NO/c1-8(2)9(3)10(12)11-6-4-5-7-11/h8-10,12H,4-7H2,1-3H3/t9-,10?/m0/s1. The summed E-state index contributed by atoms with van der Waals surface area (Å²) in [5, 5.41) is 9.91. The molecule has 2 heteroatoms. The van der Waals surface area contributed by atoms with Crippen LogP contribution >= 0.6 is 0 Å². The number of aliphatic hydroxyl groups excluding tert-OH is 1. The van der Waals surface area contributed by atoms with Gasteiger partial charge in [0.1, 0.15) is 6.23 Å². The summed E-state index contributed by atoms with van der Waals surface area (Å²) in [5.74, 6) is 0.962. The number of hydrogen-bond acceptors (Lipinski definition) is 2. The zero-order valence-corrected chi connectivity index (χ0v) is 8.45. The van der Waals surface area contributed by atoms with Crippen LogP contribution in [0.5, 0.6) is 0 Å². The molecule has 0 bridgehead atoms. The van der Waals surface area contributed by atoms with E-state index in [1.54, 1.807) is 0 Å². The van der Waals surface area contributed by atoms with E-state index >= 15 is 0 Å². The summed E-state index contributed by atoms with van der Waals surface area (Å²) in [4.78, 5) is 2.20. The van der Waals surface area contributed by atoms with Crippen molar-refractivity contribution in [1.82, 2.24) is 4.90 Å². The highest BCUT2D eigenvalue weighted by molar-refractivity contribution is 4.74. The predicted molar refractivity (Wildman–Crippen MR) is 50.8 cm³/mol. The zero-order chi connectivity index (χ0) is 9.14. The summed E-state index contributed by atoms with van der Waals surface area (Å²) in [6, 6.07) is 0. The quantitative estimate of drug-likeness (QED) is 0.698. The Morgan fingerprint density at radius 1 is 1.08 bits per heavy atom. The molecule has 1 rings (SSSR count). The first-order valence-corrected chi connectivity index (χ1v) is 5.05. The van der Waals surface area contributed by atoms with Crippen LogP contribution < -0.4 is 0 Å². The Morgan fingerprint density at radius 3 is 2.00 bits per heavy atom. The molecule has 0 aromatic carbocycles. The molecule has 1 aliphatic heterocycles. The van der Waals surface area contributed by atoms with Gasteiger partial charge in [0.05, 0.1) is 0 Å². The summed E-state index contributed by atoms with van der Waals surface area (Å²) in [6.45, 7) is 8.64. The molecule has 0 spiro atoms. The van der Waals surface area contributed by atoms with Crippen molar-refractivity contribution in [3.63, 3.8) is 0 Å². The van der Waals surface area contributed by atoms with Crippen LogP contribution in [-0.2, 0) is 0 Å². The second-order valence-corrected chi connectivity index (χ2v) is 4.26. The number of rotatable bonds is 3. The third kappa shape index (κ3) is 2.20. The van der Waals surface area contributed by atoms with Gasteiger partial charge in [-0.05, 0) is 24.7 Å². The monoisotopic (exact) mass is 171 g/mol. The van der Waals surface area contributed by atoms with Gasteiger partial charge >= 0.3 is 0 Å². The summed E-state index contributed by atoms with van der Waals surface area (Å²) < 4.78 is 0. The molecule has 2 atom stereocenters. The maximum atomic E-state index is 9.91. The first kappa shape index (κ1) is 10.0. The molecule has 12 heavy (non-hydrogen) atoms. The van der Waals surface area contributed by atoms with Gasteiger partial charge in [-0.15, -0.1) is 0 Å². The second-order valence-electron chi connectivity index (χ2n) is 4.26. The van der Waals surface area contributed by atoms with Crippen LogP contribution in [0.2, 0.25) is 0 Å². The third-order valence-electron chi connectivity index (χ3n) is 3.04. The lowest BCUT2D eigenvalue weighted by Gasteiger charge is -2.30. The molecule has 1 fully saturated rings. The predicted octanol–water partition coefficient (Wildman–Crippen LogP) is 1.69. The lowest BCUT2D eigenvalue weighted by atomic mass is 9.96. The molecule has 2 nitrogen and oxygen atoms in total. The van der Waals surface area contributed by atoms with E-state index < -0.39 is 0 Å². The van der Waals surface area contributed by atoms with E-state index in [4.69, 9.17) is 0 Å². The summed E-state index contributed by atoms with van der Waals surface area (Å²) in [7, 11) is 0. The molecule has 1 aliphatic rings. The Hall–Kier alpha value is -0.0800. The second kappa shape index (κ2) is 4.24. The highest BCUT2D eigenvalue weighted by Gasteiger charge is 2.25. The number of hydrogen-bond donors (Lipinski definition) is 1. The first-order chi connectivity index (χ1) is 5.63. The largest absolute Gasteiger partial charge is 0.378 e. The number of likely N-dealkylation sites (tertiary alicyclic amines) is 1. The van der Waals surface area contributed by atoms with Gasteiger partial charge in [0.15, 0.2) is 0 Å². The highest BCUT2D eigenvalue weighted by Crippen LogP contribution is 2.20. The maximum Gasteiger partial charge on any atom is 0.110 e. The molecule has 0 saturated carbocycles. The lowest BCUT2D eigenvalue weighted by molar-refractivity contribution is -0.0349. The fraction of sp³-hybridized carbons (Fsp3) is 1.00. The Kier molecular flexibility index (Phi) is 3.53. The molecular formula is C10H21NO. The molecule has 1 unspecified atom stereocenters. The van der Waals surface area contributed by atoms with Crippen molar-refractivity contribution in [2.75, 3.05) is 13.1 Å². The Labute approximate surface area is 75.6 Å². The van der Waals surface area contributed by atoms with Crippen molar-refractivity contribution < 1.29 is 5.11 Å². The third-order valence-corrected chi connectivity index (χ3v) is 3.04. The van der Waals surface area contributed by atoms with E-state index in [2.05, 4.69) is 25.7 Å². The normalized spacial score (nSPS) is 24.8.